The van der Waals surface area contributed by atoms with Gasteiger partial charge in [0, 0.05) is 24.0 Å². The Balaban J connectivity index is 0.000000184. The van der Waals surface area contributed by atoms with Crippen LogP contribution in [0.2, 0.25) is 0 Å². The zero-order valence-electron chi connectivity index (χ0n) is 40.8. The highest BCUT2D eigenvalue weighted by Crippen LogP contribution is 2.38. The van der Waals surface area contributed by atoms with Crippen molar-refractivity contribution in [2.75, 3.05) is 57.8 Å². The van der Waals surface area contributed by atoms with Gasteiger partial charge in [-0.2, -0.15) is 0 Å². The van der Waals surface area contributed by atoms with Gasteiger partial charge in [0.05, 0.1) is 103 Å². The number of benzene rings is 2. The minimum Gasteiger partial charge on any atom is -0.480 e. The molecule has 27 heteroatoms. The third-order valence-corrected chi connectivity index (χ3v) is 12.6. The third-order valence-electron chi connectivity index (χ3n) is 12.6. The molecule has 8 atom stereocenters. The van der Waals surface area contributed by atoms with Crippen molar-refractivity contribution in [3.8, 4) is 34.3 Å². The number of nitrogens with two attached hydrogens (primary N) is 3. The van der Waals surface area contributed by atoms with Crippen LogP contribution in [-0.2, 0) is 32.0 Å². The normalized spacial score (nSPS) is 22.7. The fraction of sp³-hybridized carbons (Fsp3) is 0.375. The molecule has 12 N–H and O–H groups in total. The molecule has 0 aliphatic carbocycles. The van der Waals surface area contributed by atoms with E-state index in [1.807, 2.05) is 0 Å². The number of anilines is 3. The zero-order valence-corrected chi connectivity index (χ0v) is 40.8. The molecule has 8 heterocycles. The predicted molar refractivity (Wildman–Crippen MR) is 262 cm³/mol. The van der Waals surface area contributed by atoms with Crippen LogP contribution in [0.4, 0.5) is 26.5 Å². The molecule has 4 aliphatic rings. The first-order valence-electron chi connectivity index (χ1n) is 23.3. The summed E-state index contributed by atoms with van der Waals surface area (Å²) in [4.78, 5) is 55.3. The number of nitrogens with zero attached hydrogens (tertiary/aromatic N) is 10. The van der Waals surface area contributed by atoms with E-state index in [4.69, 9.17) is 55.8 Å². The number of amidine groups is 2. The van der Waals surface area contributed by atoms with Gasteiger partial charge < -0.3 is 56.6 Å². The zero-order chi connectivity index (χ0) is 53.1. The standard InChI is InChI=1S/C24H27FN8O5.C24H26FN7O5/c1-10-19-15(32-24(27)29-10)6-14(30-22(19)33-38-9-18-20(35)17(34)8-37-18)12-4-3-11(25)5-13(12)16-7-28-21(26)23(31-16)36-2;1-11-21-16(31-24(26)28-11)6-15(30-23(21)32-37-10-19-22(34)18(33)9-36-19)13-4-3-12(25)5-14(13)17-7-27-8-20(29-17)35-2/h3-5,7,14,17-18,20,34-35H,6,8-9H2,1-2H3,(H2,26,28)(H,30,33)(H2,27,29,32);3-5,7-8,15,18-19,22,33-34H,6,9-10H2,1-2H3,(H,30,32)(H2,26,28,31)/t14-,17?,18?,20?;15-,18?,19?,22?/m11/s1. The number of rotatable bonds is 12. The van der Waals surface area contributed by atoms with E-state index in [0.717, 1.165) is 0 Å². The monoisotopic (exact) mass is 1040 g/mol. The maximum Gasteiger partial charge on any atom is 0.257 e. The van der Waals surface area contributed by atoms with Gasteiger partial charge >= 0.3 is 0 Å². The van der Waals surface area contributed by atoms with Gasteiger partial charge in [0.1, 0.15) is 61.5 Å². The van der Waals surface area contributed by atoms with Crippen LogP contribution in [0.3, 0.4) is 0 Å². The summed E-state index contributed by atoms with van der Waals surface area (Å²) < 4.78 is 49.8. The number of aliphatic hydroxyl groups excluding tert-OH is 4. The first kappa shape index (κ1) is 52.1. The van der Waals surface area contributed by atoms with Gasteiger partial charge in [0.2, 0.25) is 17.8 Å². The van der Waals surface area contributed by atoms with E-state index in [9.17, 15) is 29.2 Å². The van der Waals surface area contributed by atoms with Crippen LogP contribution in [0.15, 0.2) is 65.0 Å². The number of hydrogen-bond donors (Lipinski definition) is 9. The average molecular weight is 1040 g/mol. The Morgan fingerprint density at radius 2 is 1.13 bits per heavy atom. The van der Waals surface area contributed by atoms with E-state index in [-0.39, 0.29) is 50.0 Å². The molecule has 0 saturated carbocycles. The first-order chi connectivity index (χ1) is 36.1. The van der Waals surface area contributed by atoms with Gasteiger partial charge in [-0.25, -0.2) is 54.6 Å². The van der Waals surface area contributed by atoms with E-state index < -0.39 is 60.3 Å². The molecular weight excluding hydrogens is 985 g/mol. The second kappa shape index (κ2) is 22.4. The summed E-state index contributed by atoms with van der Waals surface area (Å²) in [6.07, 6.45) is -0.399. The smallest absolute Gasteiger partial charge is 0.257 e. The number of aromatic nitrogens is 8. The number of nitrogens with one attached hydrogen (secondary N) is 2. The molecule has 0 spiro atoms. The molecule has 0 bridgehead atoms. The lowest BCUT2D eigenvalue weighted by Crippen LogP contribution is -2.38. The van der Waals surface area contributed by atoms with Crippen LogP contribution in [0.5, 0.6) is 11.8 Å². The van der Waals surface area contributed by atoms with Gasteiger partial charge in [-0.1, -0.05) is 12.1 Å². The lowest BCUT2D eigenvalue weighted by Gasteiger charge is -2.26. The van der Waals surface area contributed by atoms with E-state index >= 15 is 0 Å². The molecule has 394 valence electrons. The van der Waals surface area contributed by atoms with E-state index in [0.29, 0.717) is 97.9 Å². The number of halogens is 2. The van der Waals surface area contributed by atoms with Gasteiger partial charge in [0.15, 0.2) is 17.5 Å². The van der Waals surface area contributed by atoms with Crippen molar-refractivity contribution in [1.82, 2.24) is 50.8 Å². The molecule has 25 nitrogen and oxygen atoms in total. The number of ether oxygens (including phenoxy) is 4. The number of aliphatic imine (C=N–C) groups is 2. The summed E-state index contributed by atoms with van der Waals surface area (Å²) in [6.45, 7) is 3.48. The van der Waals surface area contributed by atoms with E-state index in [1.165, 1.54) is 57.1 Å². The summed E-state index contributed by atoms with van der Waals surface area (Å²) in [5.41, 5.74) is 30.0. The molecule has 2 aromatic carbocycles. The minimum absolute atomic E-state index is 0.0133. The number of nitrogen functional groups attached to an aromatic ring is 3. The predicted octanol–water partition coefficient (Wildman–Crippen LogP) is 0.898. The quantitative estimate of drug-likeness (QED) is 0.0769. The number of hydrogen-bond acceptors (Lipinski definition) is 25. The van der Waals surface area contributed by atoms with Gasteiger partial charge in [-0.05, 0) is 49.2 Å². The highest BCUT2D eigenvalue weighted by Gasteiger charge is 2.37. The Kier molecular flexibility index (Phi) is 15.6. The SMILES string of the molecule is COc1cncc(-c2cc(F)ccc2[C@H]2Cc3nc(N)nc(C)c3C(NOCC3OCC(O)C3O)=N2)n1.COc1nc(-c2cc(F)ccc2[C@H]2Cc3nc(N)nc(C)c3C(NOCC3OCC(O)C3O)=N2)cnc1N. The molecule has 6 aromatic rings. The Labute approximate surface area is 426 Å². The number of aryl methyl sites for hydroxylation is 2. The van der Waals surface area contributed by atoms with Crippen molar-refractivity contribution in [2.24, 2.45) is 9.98 Å². The van der Waals surface area contributed by atoms with Gasteiger partial charge in [-0.3, -0.25) is 24.6 Å². The fourth-order valence-electron chi connectivity index (χ4n) is 8.97. The van der Waals surface area contributed by atoms with Crippen molar-refractivity contribution >= 4 is 29.4 Å². The Morgan fingerprint density at radius 1 is 0.640 bits per heavy atom. The highest BCUT2D eigenvalue weighted by molar-refractivity contribution is 6.02. The molecule has 4 aromatic heterocycles. The second-order valence-electron chi connectivity index (χ2n) is 17.6. The number of hydroxylamine groups is 2. The largest absolute Gasteiger partial charge is 0.480 e. The Bertz CT molecular complexity index is 3140. The lowest BCUT2D eigenvalue weighted by molar-refractivity contribution is -0.0457. The molecule has 2 fully saturated rings. The fourth-order valence-corrected chi connectivity index (χ4v) is 8.97. The molecular formula is C48H53F2N15O10. The summed E-state index contributed by atoms with van der Waals surface area (Å²) in [7, 11) is 2.89. The van der Waals surface area contributed by atoms with Crippen LogP contribution < -0.4 is 37.6 Å². The van der Waals surface area contributed by atoms with Crippen molar-refractivity contribution in [2.45, 2.75) is 75.4 Å². The van der Waals surface area contributed by atoms with Crippen molar-refractivity contribution in [1.29, 1.82) is 0 Å². The minimum atomic E-state index is -1.07. The van der Waals surface area contributed by atoms with Crippen molar-refractivity contribution < 1.29 is 57.8 Å². The maximum atomic E-state index is 14.4. The van der Waals surface area contributed by atoms with E-state index in [1.54, 1.807) is 26.0 Å². The van der Waals surface area contributed by atoms with Crippen LogP contribution in [0.25, 0.3) is 22.5 Å². The number of aliphatic hydroxyl groups is 4. The lowest BCUT2D eigenvalue weighted by atomic mass is 9.91. The molecule has 6 unspecified atom stereocenters. The average Bonchev–Trinajstić information content (AvgIpc) is 3.89. The Hall–Kier alpha value is -7.76. The molecule has 10 rings (SSSR count). The molecule has 0 radical (unpaired) electrons. The summed E-state index contributed by atoms with van der Waals surface area (Å²) in [6, 6.07) is 7.61. The number of fused-ring (bicyclic) bond motifs is 2. The molecule has 75 heavy (non-hydrogen) atoms. The second-order valence-corrected chi connectivity index (χ2v) is 17.6. The van der Waals surface area contributed by atoms with Crippen LogP contribution in [0.1, 0.15) is 57.1 Å². The summed E-state index contributed by atoms with van der Waals surface area (Å²) >= 11 is 0. The van der Waals surface area contributed by atoms with Crippen molar-refractivity contribution in [3.63, 3.8) is 0 Å². The van der Waals surface area contributed by atoms with E-state index in [2.05, 4.69) is 50.8 Å². The number of methoxy groups -OCH3 is 2. The molecule has 0 amide bonds. The highest BCUT2D eigenvalue weighted by atomic mass is 19.1. The third kappa shape index (κ3) is 11.3. The molecule has 2 saturated heterocycles. The Morgan fingerprint density at radius 3 is 1.59 bits per heavy atom. The van der Waals surface area contributed by atoms with Gasteiger partial charge in [-0.15, -0.1) is 0 Å². The topological polar surface area (TPSA) is 366 Å². The maximum absolute atomic E-state index is 14.4. The molecule has 4 aliphatic heterocycles. The van der Waals surface area contributed by atoms with Gasteiger partial charge in [0.25, 0.3) is 5.88 Å². The van der Waals surface area contributed by atoms with Crippen LogP contribution >= 0.6 is 0 Å². The van der Waals surface area contributed by atoms with Crippen LogP contribution in [0, 0.1) is 25.5 Å². The summed E-state index contributed by atoms with van der Waals surface area (Å²) in [5, 5.41) is 39.4. The van der Waals surface area contributed by atoms with Crippen molar-refractivity contribution in [3.05, 3.63) is 112 Å². The first-order valence-corrected chi connectivity index (χ1v) is 23.3. The van der Waals surface area contributed by atoms with Crippen LogP contribution in [-0.4, -0.2) is 149 Å². The summed E-state index contributed by atoms with van der Waals surface area (Å²) in [5.74, 6) is 0.476.